The van der Waals surface area contributed by atoms with Crippen LogP contribution in [0, 0.1) is 11.3 Å². The number of nitriles is 1. The van der Waals surface area contributed by atoms with Crippen LogP contribution in [0.1, 0.15) is 49.4 Å². The Morgan fingerprint density at radius 1 is 1.19 bits per heavy atom. The van der Waals surface area contributed by atoms with E-state index in [4.69, 9.17) is 15.7 Å². The highest BCUT2D eigenvalue weighted by Crippen LogP contribution is 2.40. The summed E-state index contributed by atoms with van der Waals surface area (Å²) in [7, 11) is 1.52. The van der Waals surface area contributed by atoms with Crippen molar-refractivity contribution >= 4 is 11.6 Å². The molecule has 3 aromatic heterocycles. The second-order valence-corrected chi connectivity index (χ2v) is 7.65. The number of nitrogens with two attached hydrogens (primary N) is 1. The molecule has 5 rings (SSSR count). The van der Waals surface area contributed by atoms with E-state index >= 15 is 0 Å². The monoisotopic (exact) mass is 420 g/mol. The highest BCUT2D eigenvalue weighted by atomic mass is 16.5. The van der Waals surface area contributed by atoms with E-state index in [-0.39, 0.29) is 11.1 Å². The van der Waals surface area contributed by atoms with Crippen LogP contribution in [0.25, 0.3) is 11.3 Å². The summed E-state index contributed by atoms with van der Waals surface area (Å²) in [5.74, 6) is 1.73. The van der Waals surface area contributed by atoms with Crippen LogP contribution in [0.3, 0.4) is 0 Å². The molecule has 5 N–H and O–H groups in total. The number of H-pyrrole nitrogens is 2. The predicted molar refractivity (Wildman–Crippen MR) is 115 cm³/mol. The number of pyridine rings is 1. The van der Waals surface area contributed by atoms with Crippen molar-refractivity contribution < 1.29 is 4.74 Å². The van der Waals surface area contributed by atoms with Crippen molar-refractivity contribution in [3.05, 3.63) is 46.1 Å². The molecule has 0 unspecified atom stereocenters. The van der Waals surface area contributed by atoms with Crippen molar-refractivity contribution in [2.75, 3.05) is 12.4 Å². The maximum absolute atomic E-state index is 12.6. The molecular formula is C21H24N8O2. The zero-order valence-electron chi connectivity index (χ0n) is 17.2. The Morgan fingerprint density at radius 3 is 2.52 bits per heavy atom. The minimum Gasteiger partial charge on any atom is -0.482 e. The number of anilines is 2. The van der Waals surface area contributed by atoms with Crippen LogP contribution >= 0.6 is 0 Å². The van der Waals surface area contributed by atoms with Crippen LogP contribution < -0.4 is 21.2 Å². The molecular weight excluding hydrogens is 396 g/mol. The van der Waals surface area contributed by atoms with Gasteiger partial charge in [0.2, 0.25) is 5.88 Å². The summed E-state index contributed by atoms with van der Waals surface area (Å²) in [4.78, 5) is 23.8. The molecule has 2 saturated carbocycles. The average Bonchev–Trinajstić information content (AvgIpc) is 3.52. The number of aromatic nitrogens is 5. The van der Waals surface area contributed by atoms with E-state index < -0.39 is 0 Å². The molecule has 31 heavy (non-hydrogen) atoms. The molecule has 3 heterocycles. The fourth-order valence-corrected chi connectivity index (χ4v) is 3.11. The lowest BCUT2D eigenvalue weighted by Crippen LogP contribution is -2.27. The first-order chi connectivity index (χ1) is 15.1. The van der Waals surface area contributed by atoms with Crippen LogP contribution in [-0.2, 0) is 0 Å². The maximum atomic E-state index is 12.6. The van der Waals surface area contributed by atoms with Gasteiger partial charge in [-0.2, -0.15) is 10.4 Å². The Balaban J connectivity index is 0.000000407. The van der Waals surface area contributed by atoms with Gasteiger partial charge in [0.15, 0.2) is 16.9 Å². The molecule has 0 spiro atoms. The van der Waals surface area contributed by atoms with Gasteiger partial charge in [-0.15, -0.1) is 0 Å². The number of hydrogen-bond donors (Lipinski definition) is 4. The van der Waals surface area contributed by atoms with Gasteiger partial charge in [-0.1, -0.05) is 6.42 Å². The van der Waals surface area contributed by atoms with Crippen molar-refractivity contribution in [1.29, 1.82) is 5.26 Å². The van der Waals surface area contributed by atoms with Gasteiger partial charge in [-0.3, -0.25) is 9.89 Å². The van der Waals surface area contributed by atoms with Gasteiger partial charge >= 0.3 is 0 Å². The molecule has 0 atom stereocenters. The van der Waals surface area contributed by atoms with Crippen LogP contribution in [-0.4, -0.2) is 38.3 Å². The van der Waals surface area contributed by atoms with Gasteiger partial charge in [0.25, 0.3) is 0 Å². The third-order valence-corrected chi connectivity index (χ3v) is 5.26. The lowest BCUT2D eigenvalue weighted by atomic mass is 9.95. The van der Waals surface area contributed by atoms with E-state index in [1.54, 1.807) is 12.1 Å². The molecule has 2 aliphatic carbocycles. The number of ether oxygens (including phenoxy) is 1. The maximum Gasteiger partial charge on any atom is 0.204 e. The number of aromatic amines is 2. The van der Waals surface area contributed by atoms with Crippen molar-refractivity contribution in [2.45, 2.75) is 44.1 Å². The minimum absolute atomic E-state index is 0.129. The number of hydrogen-bond acceptors (Lipinski definition) is 8. The summed E-state index contributed by atoms with van der Waals surface area (Å²) in [6, 6.07) is 5.77. The first-order valence-corrected chi connectivity index (χ1v) is 10.2. The van der Waals surface area contributed by atoms with Gasteiger partial charge in [0.1, 0.15) is 17.5 Å². The summed E-state index contributed by atoms with van der Waals surface area (Å²) < 4.78 is 5.38. The molecule has 0 radical (unpaired) electrons. The summed E-state index contributed by atoms with van der Waals surface area (Å²) in [6.45, 7) is 0. The number of rotatable bonds is 5. The van der Waals surface area contributed by atoms with Crippen LogP contribution in [0.15, 0.2) is 29.3 Å². The van der Waals surface area contributed by atoms with Gasteiger partial charge < -0.3 is 20.8 Å². The fraction of sp³-hybridized carbons (Fsp3) is 0.381. The zero-order valence-corrected chi connectivity index (χ0v) is 17.2. The summed E-state index contributed by atoms with van der Waals surface area (Å²) in [5, 5.41) is 18.7. The molecule has 0 amide bonds. The second kappa shape index (κ2) is 8.97. The molecule has 0 aliphatic heterocycles. The van der Waals surface area contributed by atoms with Gasteiger partial charge in [-0.05, 0) is 31.6 Å². The lowest BCUT2D eigenvalue weighted by Gasteiger charge is -2.18. The van der Waals surface area contributed by atoms with E-state index in [0.717, 1.165) is 18.5 Å². The fourth-order valence-electron chi connectivity index (χ4n) is 3.11. The molecule has 0 aromatic carbocycles. The number of methoxy groups -OCH3 is 1. The molecule has 2 aliphatic rings. The van der Waals surface area contributed by atoms with E-state index in [2.05, 4.69) is 30.5 Å². The Morgan fingerprint density at radius 2 is 1.97 bits per heavy atom. The smallest absolute Gasteiger partial charge is 0.204 e. The molecule has 160 valence electrons. The zero-order chi connectivity index (χ0) is 21.8. The third-order valence-electron chi connectivity index (χ3n) is 5.26. The first-order valence-electron chi connectivity index (χ1n) is 10.2. The third kappa shape index (κ3) is 4.90. The van der Waals surface area contributed by atoms with Crippen molar-refractivity contribution in [3.8, 4) is 23.2 Å². The summed E-state index contributed by atoms with van der Waals surface area (Å²) >= 11 is 0. The normalized spacial score (nSPS) is 15.3. The Kier molecular flexibility index (Phi) is 5.95. The van der Waals surface area contributed by atoms with Gasteiger partial charge in [-0.25, -0.2) is 9.97 Å². The Labute approximate surface area is 178 Å². The summed E-state index contributed by atoms with van der Waals surface area (Å²) in [6.07, 6.45) is 8.86. The van der Waals surface area contributed by atoms with Crippen LogP contribution in [0.2, 0.25) is 0 Å². The standard InChI is InChI=1S/C17H15N7O2.C4H9N/c1-26-17-16(13(25)4-11(21-17)9-2-3-9)12-5-14(24-23-12)22-15-8-19-10(6-18)7-20-15;5-4-2-1-3-4/h4-5,7-9H,2-3H2,1H3,(H,21,25)(H2,20,22,23,24);4H,1-3,5H2. The highest BCUT2D eigenvalue weighted by Gasteiger charge is 2.27. The Hall–Kier alpha value is -3.71. The SMILES string of the molecule is COc1[nH]c(C2CC2)cc(=O)c1-c1cc(Nc2cnc(C#N)cn2)n[nH]1.NC1CCC1. The average molecular weight is 420 g/mol. The van der Waals surface area contributed by atoms with Gasteiger partial charge in [0.05, 0.1) is 25.2 Å². The quantitative estimate of drug-likeness (QED) is 0.490. The van der Waals surface area contributed by atoms with E-state index in [0.29, 0.717) is 40.7 Å². The first kappa shape index (κ1) is 20.6. The van der Waals surface area contributed by atoms with E-state index in [1.165, 1.54) is 38.8 Å². The highest BCUT2D eigenvalue weighted by molar-refractivity contribution is 5.69. The lowest BCUT2D eigenvalue weighted by molar-refractivity contribution is 0.397. The Bertz CT molecular complexity index is 1140. The minimum atomic E-state index is -0.129. The molecule has 10 heteroatoms. The topological polar surface area (TPSA) is 158 Å². The largest absolute Gasteiger partial charge is 0.482 e. The molecule has 3 aromatic rings. The second-order valence-electron chi connectivity index (χ2n) is 7.65. The van der Waals surface area contributed by atoms with Crippen LogP contribution in [0.5, 0.6) is 5.88 Å². The van der Waals surface area contributed by atoms with Gasteiger partial charge in [0, 0.05) is 23.9 Å². The molecule has 0 saturated heterocycles. The predicted octanol–water partition coefficient (Wildman–Crippen LogP) is 2.55. The molecule has 0 bridgehead atoms. The molecule has 2 fully saturated rings. The number of nitrogens with zero attached hydrogens (tertiary/aromatic N) is 4. The van der Waals surface area contributed by atoms with Crippen LogP contribution in [0.4, 0.5) is 11.6 Å². The number of nitrogens with one attached hydrogen (secondary N) is 3. The van der Waals surface area contributed by atoms with E-state index in [9.17, 15) is 4.79 Å². The van der Waals surface area contributed by atoms with Crippen molar-refractivity contribution in [1.82, 2.24) is 25.1 Å². The van der Waals surface area contributed by atoms with Crippen molar-refractivity contribution in [2.24, 2.45) is 5.73 Å². The van der Waals surface area contributed by atoms with Crippen molar-refractivity contribution in [3.63, 3.8) is 0 Å². The summed E-state index contributed by atoms with van der Waals surface area (Å²) in [5.41, 5.74) is 7.30. The van der Waals surface area contributed by atoms with E-state index in [1.807, 2.05) is 6.07 Å². The molecule has 10 nitrogen and oxygen atoms in total.